The van der Waals surface area contributed by atoms with Crippen molar-refractivity contribution in [2.75, 3.05) is 6.61 Å². The van der Waals surface area contributed by atoms with Gasteiger partial charge >= 0.3 is 6.03 Å². The van der Waals surface area contributed by atoms with Crippen LogP contribution in [0.3, 0.4) is 0 Å². The van der Waals surface area contributed by atoms with Crippen molar-refractivity contribution in [3.05, 3.63) is 23.3 Å². The highest BCUT2D eigenvalue weighted by Gasteiger charge is 2.36. The SMILES string of the molecule is Cc1ncc2c(n1)CCC[C@@H]2NC(=O)N[C@@](C)(CO)C1CCCCC1. The monoisotopic (exact) mass is 346 g/mol. The van der Waals surface area contributed by atoms with Crippen LogP contribution in [0.25, 0.3) is 0 Å². The Kier molecular flexibility index (Phi) is 5.57. The van der Waals surface area contributed by atoms with E-state index < -0.39 is 5.54 Å². The van der Waals surface area contributed by atoms with Crippen LogP contribution in [0.5, 0.6) is 0 Å². The standard InChI is InChI=1S/C19H30N4O2/c1-13-20-11-15-16(21-13)9-6-10-17(15)22-18(25)23-19(2,12-24)14-7-4-3-5-8-14/h11,14,17,24H,3-10,12H2,1-2H3,(H2,22,23,25)/t17-,19-/m0/s1. The predicted octanol–water partition coefficient (Wildman–Crippen LogP) is 2.79. The number of nitrogens with one attached hydrogen (secondary N) is 2. The number of rotatable bonds is 4. The van der Waals surface area contributed by atoms with Crippen LogP contribution >= 0.6 is 0 Å². The maximum absolute atomic E-state index is 12.6. The van der Waals surface area contributed by atoms with Gasteiger partial charge in [0, 0.05) is 17.5 Å². The highest BCUT2D eigenvalue weighted by atomic mass is 16.3. The first-order chi connectivity index (χ1) is 12.0. The van der Waals surface area contributed by atoms with E-state index in [1.807, 2.05) is 20.0 Å². The van der Waals surface area contributed by atoms with Crippen LogP contribution in [0.2, 0.25) is 0 Å². The second kappa shape index (κ2) is 7.68. The summed E-state index contributed by atoms with van der Waals surface area (Å²) in [5.41, 5.74) is 1.50. The van der Waals surface area contributed by atoms with Gasteiger partial charge < -0.3 is 15.7 Å². The number of urea groups is 1. The van der Waals surface area contributed by atoms with Crippen LogP contribution in [-0.2, 0) is 6.42 Å². The van der Waals surface area contributed by atoms with Crippen LogP contribution in [0.4, 0.5) is 4.79 Å². The van der Waals surface area contributed by atoms with Crippen molar-refractivity contribution in [1.29, 1.82) is 0 Å². The minimum absolute atomic E-state index is 0.0331. The fourth-order valence-corrected chi connectivity index (χ4v) is 4.26. The molecule has 2 amide bonds. The van der Waals surface area contributed by atoms with Gasteiger partial charge in [-0.2, -0.15) is 0 Å². The molecule has 2 aliphatic rings. The molecule has 1 aromatic rings. The minimum atomic E-state index is -0.564. The summed E-state index contributed by atoms with van der Waals surface area (Å²) < 4.78 is 0. The molecule has 6 nitrogen and oxygen atoms in total. The molecule has 6 heteroatoms. The summed E-state index contributed by atoms with van der Waals surface area (Å²) in [6.07, 6.45) is 10.4. The molecule has 0 unspecified atom stereocenters. The second-order valence-electron chi connectivity index (χ2n) is 7.77. The fraction of sp³-hybridized carbons (Fsp3) is 0.737. The summed E-state index contributed by atoms with van der Waals surface area (Å²) in [6.45, 7) is 3.82. The molecule has 2 atom stereocenters. The molecular weight excluding hydrogens is 316 g/mol. The van der Waals surface area contributed by atoms with Gasteiger partial charge in [0.25, 0.3) is 0 Å². The highest BCUT2D eigenvalue weighted by Crippen LogP contribution is 2.33. The van der Waals surface area contributed by atoms with Crippen molar-refractivity contribution in [3.8, 4) is 0 Å². The van der Waals surface area contributed by atoms with E-state index >= 15 is 0 Å². The van der Waals surface area contributed by atoms with Gasteiger partial charge in [-0.05, 0) is 51.9 Å². The molecule has 138 valence electrons. The summed E-state index contributed by atoms with van der Waals surface area (Å²) in [4.78, 5) is 21.4. The van der Waals surface area contributed by atoms with Crippen LogP contribution in [0, 0.1) is 12.8 Å². The van der Waals surface area contributed by atoms with Gasteiger partial charge in [0.2, 0.25) is 0 Å². The van der Waals surface area contributed by atoms with Crippen molar-refractivity contribution >= 4 is 6.03 Å². The van der Waals surface area contributed by atoms with E-state index in [1.165, 1.54) is 19.3 Å². The van der Waals surface area contributed by atoms with Gasteiger partial charge in [0.1, 0.15) is 5.82 Å². The fourth-order valence-electron chi connectivity index (χ4n) is 4.26. The summed E-state index contributed by atoms with van der Waals surface area (Å²) in [7, 11) is 0. The average molecular weight is 346 g/mol. The Hall–Kier alpha value is -1.69. The second-order valence-corrected chi connectivity index (χ2v) is 7.77. The number of hydrogen-bond acceptors (Lipinski definition) is 4. The molecule has 1 heterocycles. The molecule has 1 saturated carbocycles. The Morgan fingerprint density at radius 2 is 2.04 bits per heavy atom. The van der Waals surface area contributed by atoms with Crippen molar-refractivity contribution in [3.63, 3.8) is 0 Å². The van der Waals surface area contributed by atoms with Crippen molar-refractivity contribution in [1.82, 2.24) is 20.6 Å². The first-order valence-electron chi connectivity index (χ1n) is 9.54. The first kappa shape index (κ1) is 18.1. The van der Waals surface area contributed by atoms with Gasteiger partial charge in [-0.15, -0.1) is 0 Å². The summed E-state index contributed by atoms with van der Waals surface area (Å²) in [6, 6.07) is -0.265. The van der Waals surface area contributed by atoms with Crippen molar-refractivity contribution in [2.24, 2.45) is 5.92 Å². The quantitative estimate of drug-likeness (QED) is 0.782. The molecule has 0 radical (unpaired) electrons. The Balaban J connectivity index is 1.66. The first-order valence-corrected chi connectivity index (χ1v) is 9.54. The lowest BCUT2D eigenvalue weighted by Gasteiger charge is -2.39. The van der Waals surface area contributed by atoms with E-state index in [0.29, 0.717) is 5.92 Å². The van der Waals surface area contributed by atoms with Crippen LogP contribution in [-0.4, -0.2) is 33.3 Å². The molecule has 0 aromatic carbocycles. The molecule has 25 heavy (non-hydrogen) atoms. The molecule has 1 fully saturated rings. The molecule has 0 spiro atoms. The number of carbonyl (C=O) groups excluding carboxylic acids is 1. The minimum Gasteiger partial charge on any atom is -0.394 e. The Morgan fingerprint density at radius 1 is 1.28 bits per heavy atom. The third-order valence-corrected chi connectivity index (χ3v) is 5.84. The average Bonchev–Trinajstić information content (AvgIpc) is 2.62. The van der Waals surface area contributed by atoms with E-state index in [9.17, 15) is 9.90 Å². The van der Waals surface area contributed by atoms with Crippen molar-refractivity contribution in [2.45, 2.75) is 76.8 Å². The van der Waals surface area contributed by atoms with Crippen LogP contribution in [0.1, 0.15) is 75.0 Å². The van der Waals surface area contributed by atoms with Gasteiger partial charge in [-0.1, -0.05) is 19.3 Å². The number of fused-ring (bicyclic) bond motifs is 1. The van der Waals surface area contributed by atoms with Crippen LogP contribution < -0.4 is 10.6 Å². The lowest BCUT2D eigenvalue weighted by molar-refractivity contribution is 0.100. The number of aryl methyl sites for hydroxylation is 2. The summed E-state index contributed by atoms with van der Waals surface area (Å²) in [5, 5.41) is 16.1. The summed E-state index contributed by atoms with van der Waals surface area (Å²) in [5.74, 6) is 1.11. The summed E-state index contributed by atoms with van der Waals surface area (Å²) >= 11 is 0. The number of nitrogens with zero attached hydrogens (tertiary/aromatic N) is 2. The van der Waals surface area contributed by atoms with Crippen molar-refractivity contribution < 1.29 is 9.90 Å². The third kappa shape index (κ3) is 4.11. The molecule has 0 saturated heterocycles. The lowest BCUT2D eigenvalue weighted by atomic mass is 9.76. The van der Waals surface area contributed by atoms with E-state index in [0.717, 1.165) is 49.2 Å². The number of aliphatic hydroxyl groups is 1. The maximum Gasteiger partial charge on any atom is 0.315 e. The number of hydrogen-bond donors (Lipinski definition) is 3. The third-order valence-electron chi connectivity index (χ3n) is 5.84. The van der Waals surface area contributed by atoms with Gasteiger partial charge in [0.05, 0.1) is 18.2 Å². The van der Waals surface area contributed by atoms with Gasteiger partial charge in [-0.25, -0.2) is 14.8 Å². The van der Waals surface area contributed by atoms with E-state index in [4.69, 9.17) is 0 Å². The topological polar surface area (TPSA) is 87.1 Å². The zero-order valence-corrected chi connectivity index (χ0v) is 15.3. The van der Waals surface area contributed by atoms with Gasteiger partial charge in [-0.3, -0.25) is 0 Å². The predicted molar refractivity (Wildman–Crippen MR) is 96.2 cm³/mol. The van der Waals surface area contributed by atoms with Crippen LogP contribution in [0.15, 0.2) is 6.20 Å². The maximum atomic E-state index is 12.6. The number of carbonyl (C=O) groups is 1. The normalized spacial score (nSPS) is 23.4. The Morgan fingerprint density at radius 3 is 2.76 bits per heavy atom. The smallest absolute Gasteiger partial charge is 0.315 e. The molecule has 2 aliphatic carbocycles. The molecule has 0 bridgehead atoms. The Labute approximate surface area is 149 Å². The van der Waals surface area contributed by atoms with E-state index in [-0.39, 0.29) is 18.7 Å². The molecule has 1 aromatic heterocycles. The highest BCUT2D eigenvalue weighted by molar-refractivity contribution is 5.75. The van der Waals surface area contributed by atoms with E-state index in [1.54, 1.807) is 0 Å². The molecule has 0 aliphatic heterocycles. The molecule has 3 N–H and O–H groups in total. The molecule has 3 rings (SSSR count). The number of amides is 2. The largest absolute Gasteiger partial charge is 0.394 e. The zero-order chi connectivity index (χ0) is 17.9. The molecular formula is C19H30N4O2. The Bertz CT molecular complexity index is 615. The van der Waals surface area contributed by atoms with Gasteiger partial charge in [0.15, 0.2) is 0 Å². The zero-order valence-electron chi connectivity index (χ0n) is 15.3. The number of aliphatic hydroxyl groups excluding tert-OH is 1. The number of aromatic nitrogens is 2. The van der Waals surface area contributed by atoms with E-state index in [2.05, 4.69) is 20.6 Å². The lowest BCUT2D eigenvalue weighted by Crippen LogP contribution is -2.57.